The fourth-order valence-corrected chi connectivity index (χ4v) is 1.67. The van der Waals surface area contributed by atoms with Crippen LogP contribution in [0.1, 0.15) is 38.5 Å². The van der Waals surface area contributed by atoms with E-state index in [1.54, 1.807) is 0 Å². The molecule has 1 rings (SSSR count). The van der Waals surface area contributed by atoms with E-state index in [9.17, 15) is 9.59 Å². The number of hydrogen-bond acceptors (Lipinski definition) is 3. The van der Waals surface area contributed by atoms with Crippen LogP contribution < -0.4 is 0 Å². The molecule has 0 radical (unpaired) electrons. The van der Waals surface area contributed by atoms with Crippen molar-refractivity contribution in [1.82, 2.24) is 0 Å². The van der Waals surface area contributed by atoms with Crippen molar-refractivity contribution in [3.05, 3.63) is 12.2 Å². The minimum absolute atomic E-state index is 0.0214. The average Bonchev–Trinajstić information content (AvgIpc) is 2.18. The van der Waals surface area contributed by atoms with Crippen molar-refractivity contribution < 1.29 is 19.4 Å². The van der Waals surface area contributed by atoms with Crippen molar-refractivity contribution in [3.63, 3.8) is 0 Å². The summed E-state index contributed by atoms with van der Waals surface area (Å²) in [5, 5.41) is 8.47. The van der Waals surface area contributed by atoms with Crippen molar-refractivity contribution in [1.29, 1.82) is 0 Å². The van der Waals surface area contributed by atoms with Crippen LogP contribution in [0.2, 0.25) is 0 Å². The highest BCUT2D eigenvalue weighted by Crippen LogP contribution is 2.21. The van der Waals surface area contributed by atoms with Gasteiger partial charge in [0.15, 0.2) is 0 Å². The van der Waals surface area contributed by atoms with Crippen molar-refractivity contribution >= 4 is 11.9 Å². The highest BCUT2D eigenvalue weighted by atomic mass is 16.5. The van der Waals surface area contributed by atoms with Crippen molar-refractivity contribution in [2.45, 2.75) is 44.6 Å². The Labute approximate surface area is 88.9 Å². The van der Waals surface area contributed by atoms with Crippen LogP contribution in [0.15, 0.2) is 12.2 Å². The molecule has 0 spiro atoms. The first-order chi connectivity index (χ1) is 7.09. The normalized spacial score (nSPS) is 17.1. The number of aliphatic carboxylic acids is 1. The number of hydrogen-bond donors (Lipinski definition) is 1. The lowest BCUT2D eigenvalue weighted by molar-refractivity contribution is -0.147. The third kappa shape index (κ3) is 4.14. The van der Waals surface area contributed by atoms with Gasteiger partial charge in [-0.3, -0.25) is 4.79 Å². The third-order valence-corrected chi connectivity index (χ3v) is 2.48. The van der Waals surface area contributed by atoms with Crippen LogP contribution in [0.4, 0.5) is 0 Å². The number of esters is 1. The van der Waals surface area contributed by atoms with Crippen molar-refractivity contribution in [2.24, 2.45) is 0 Å². The summed E-state index contributed by atoms with van der Waals surface area (Å²) in [4.78, 5) is 21.7. The molecule has 0 heterocycles. The van der Waals surface area contributed by atoms with Crippen LogP contribution in [0.3, 0.4) is 0 Å². The van der Waals surface area contributed by atoms with E-state index in [2.05, 4.69) is 6.58 Å². The van der Waals surface area contributed by atoms with Crippen LogP contribution in [0.5, 0.6) is 0 Å². The maximum Gasteiger partial charge on any atom is 0.334 e. The monoisotopic (exact) mass is 212 g/mol. The average molecular weight is 212 g/mol. The number of carboxylic acids is 1. The summed E-state index contributed by atoms with van der Waals surface area (Å²) < 4.78 is 5.15. The van der Waals surface area contributed by atoms with Crippen molar-refractivity contribution in [3.8, 4) is 0 Å². The van der Waals surface area contributed by atoms with E-state index in [1.807, 2.05) is 0 Å². The molecular formula is C11H16O4. The topological polar surface area (TPSA) is 63.6 Å². The fraction of sp³-hybridized carbons (Fsp3) is 0.636. The maximum atomic E-state index is 11.4. The summed E-state index contributed by atoms with van der Waals surface area (Å²) in [7, 11) is 0. The second-order valence-corrected chi connectivity index (χ2v) is 3.84. The first kappa shape index (κ1) is 11.8. The Kier molecular flexibility index (Phi) is 4.34. The predicted molar refractivity (Wildman–Crippen MR) is 54.4 cm³/mol. The van der Waals surface area contributed by atoms with E-state index in [0.29, 0.717) is 0 Å². The van der Waals surface area contributed by atoms with Crippen molar-refractivity contribution in [2.75, 3.05) is 0 Å². The summed E-state index contributed by atoms with van der Waals surface area (Å²) >= 11 is 0. The molecule has 0 unspecified atom stereocenters. The van der Waals surface area contributed by atoms with Crippen LogP contribution in [-0.4, -0.2) is 23.1 Å². The van der Waals surface area contributed by atoms with Gasteiger partial charge in [0.05, 0.1) is 6.42 Å². The van der Waals surface area contributed by atoms with Gasteiger partial charge in [0.1, 0.15) is 6.10 Å². The number of carbonyl (C=O) groups excluding carboxylic acids is 1. The summed E-state index contributed by atoms with van der Waals surface area (Å²) in [6.45, 7) is 3.40. The Balaban J connectivity index is 2.33. The standard InChI is InChI=1S/C11H16O4/c1-8(7-10(12)13)11(14)15-9-5-3-2-4-6-9/h9H,1-7H2,(H,12,13). The summed E-state index contributed by atoms with van der Waals surface area (Å²) in [6.07, 6.45) is 4.71. The molecule has 4 heteroatoms. The molecule has 0 aromatic rings. The van der Waals surface area contributed by atoms with E-state index in [1.165, 1.54) is 6.42 Å². The second-order valence-electron chi connectivity index (χ2n) is 3.84. The van der Waals surface area contributed by atoms with Crippen LogP contribution >= 0.6 is 0 Å². The highest BCUT2D eigenvalue weighted by Gasteiger charge is 2.20. The van der Waals surface area contributed by atoms with Gasteiger partial charge in [-0.2, -0.15) is 0 Å². The maximum absolute atomic E-state index is 11.4. The number of ether oxygens (including phenoxy) is 1. The molecule has 1 N–H and O–H groups in total. The summed E-state index contributed by atoms with van der Waals surface area (Å²) in [5.74, 6) is -1.62. The molecule has 0 saturated heterocycles. The predicted octanol–water partition coefficient (Wildman–Crippen LogP) is 1.89. The van der Waals surface area contributed by atoms with Gasteiger partial charge in [-0.1, -0.05) is 13.0 Å². The second kappa shape index (κ2) is 5.53. The molecule has 1 aliphatic rings. The Morgan fingerprint density at radius 2 is 1.87 bits per heavy atom. The Morgan fingerprint density at radius 3 is 2.40 bits per heavy atom. The summed E-state index contributed by atoms with van der Waals surface area (Å²) in [5.41, 5.74) is 0.0214. The zero-order valence-corrected chi connectivity index (χ0v) is 8.70. The SMILES string of the molecule is C=C(CC(=O)O)C(=O)OC1CCCCC1. The molecule has 0 aromatic carbocycles. The molecule has 1 saturated carbocycles. The molecule has 1 fully saturated rings. The number of carbonyl (C=O) groups is 2. The van der Waals surface area contributed by atoms with Gasteiger partial charge in [0.25, 0.3) is 0 Å². The van der Waals surface area contributed by atoms with E-state index in [-0.39, 0.29) is 18.1 Å². The first-order valence-electron chi connectivity index (χ1n) is 5.20. The number of carboxylic acid groups (broad SMARTS) is 1. The molecule has 15 heavy (non-hydrogen) atoms. The van der Waals surface area contributed by atoms with Crippen LogP contribution in [-0.2, 0) is 14.3 Å². The van der Waals surface area contributed by atoms with E-state index in [4.69, 9.17) is 9.84 Å². The first-order valence-corrected chi connectivity index (χ1v) is 5.20. The van der Waals surface area contributed by atoms with Gasteiger partial charge in [0, 0.05) is 5.57 Å². The van der Waals surface area contributed by atoms with Gasteiger partial charge in [-0.15, -0.1) is 0 Å². The highest BCUT2D eigenvalue weighted by molar-refractivity contribution is 5.92. The molecule has 0 amide bonds. The molecular weight excluding hydrogens is 196 g/mol. The fourth-order valence-electron chi connectivity index (χ4n) is 1.67. The Bertz CT molecular complexity index is 264. The minimum Gasteiger partial charge on any atom is -0.481 e. The van der Waals surface area contributed by atoms with E-state index >= 15 is 0 Å². The molecule has 0 aromatic heterocycles. The third-order valence-electron chi connectivity index (χ3n) is 2.48. The quantitative estimate of drug-likeness (QED) is 0.571. The largest absolute Gasteiger partial charge is 0.481 e. The van der Waals surface area contributed by atoms with E-state index < -0.39 is 11.9 Å². The van der Waals surface area contributed by atoms with Gasteiger partial charge in [-0.05, 0) is 25.7 Å². The van der Waals surface area contributed by atoms with Crippen LogP contribution in [0.25, 0.3) is 0 Å². The van der Waals surface area contributed by atoms with Gasteiger partial charge in [0.2, 0.25) is 0 Å². The zero-order valence-electron chi connectivity index (χ0n) is 8.70. The van der Waals surface area contributed by atoms with Gasteiger partial charge >= 0.3 is 11.9 Å². The molecule has 4 nitrogen and oxygen atoms in total. The molecule has 0 atom stereocenters. The van der Waals surface area contributed by atoms with Gasteiger partial charge < -0.3 is 9.84 Å². The lowest BCUT2D eigenvalue weighted by Gasteiger charge is -2.21. The minimum atomic E-state index is -1.06. The molecule has 0 aliphatic heterocycles. The number of rotatable bonds is 4. The molecule has 1 aliphatic carbocycles. The lowest BCUT2D eigenvalue weighted by atomic mass is 9.98. The smallest absolute Gasteiger partial charge is 0.334 e. The zero-order chi connectivity index (χ0) is 11.3. The molecule has 0 bridgehead atoms. The van der Waals surface area contributed by atoms with Gasteiger partial charge in [-0.25, -0.2) is 4.79 Å². The summed E-state index contributed by atoms with van der Waals surface area (Å²) in [6, 6.07) is 0. The Hall–Kier alpha value is -1.32. The van der Waals surface area contributed by atoms with Crippen LogP contribution in [0, 0.1) is 0 Å². The molecule has 84 valence electrons. The Morgan fingerprint density at radius 1 is 1.27 bits per heavy atom. The van der Waals surface area contributed by atoms with E-state index in [0.717, 1.165) is 25.7 Å². The lowest BCUT2D eigenvalue weighted by Crippen LogP contribution is -2.22.